The van der Waals surface area contributed by atoms with Crippen molar-refractivity contribution in [2.75, 3.05) is 4.90 Å². The zero-order chi connectivity index (χ0) is 75.0. The monoisotopic (exact) mass is 1680 g/mol. The van der Waals surface area contributed by atoms with Gasteiger partial charge in [-0.05, 0) is 241 Å². The molecular weight excluding hydrogens is 1620 g/mol. The van der Waals surface area contributed by atoms with Crippen molar-refractivity contribution in [1.29, 1.82) is 0 Å². The second-order valence-electron chi connectivity index (χ2n) is 26.2. The van der Waals surface area contributed by atoms with Gasteiger partial charge in [-0.25, -0.2) is 0 Å². The Morgan fingerprint density at radius 3 is 1.29 bits per heavy atom. The summed E-state index contributed by atoms with van der Waals surface area (Å²) in [7, 11) is 0.653. The Bertz CT molecular complexity index is 6960. The first-order valence-corrected chi connectivity index (χ1v) is 38.0. The highest BCUT2D eigenvalue weighted by molar-refractivity contribution is 14.1. The Morgan fingerprint density at radius 2 is 0.739 bits per heavy atom. The maximum atomic E-state index is 13.9. The van der Waals surface area contributed by atoms with Gasteiger partial charge < -0.3 is 39.8 Å². The number of halogens is 3. The average Bonchev–Trinajstić information content (AvgIpc) is 1.54. The van der Waals surface area contributed by atoms with E-state index in [1.54, 1.807) is 18.2 Å². The summed E-state index contributed by atoms with van der Waals surface area (Å²) in [6.45, 7) is 0. The van der Waals surface area contributed by atoms with E-state index in [-0.39, 0.29) is 29.1 Å². The molecule has 2 aliphatic rings. The minimum atomic E-state index is -0.601. The molecule has 535 valence electrons. The number of pyridine rings is 1. The fourth-order valence-corrected chi connectivity index (χ4v) is 16.5. The van der Waals surface area contributed by atoms with Crippen molar-refractivity contribution < 1.29 is 22.9 Å². The third-order valence-electron chi connectivity index (χ3n) is 20.0. The van der Waals surface area contributed by atoms with Crippen LogP contribution in [-0.2, 0) is 5.41 Å². The first-order valence-electron chi connectivity index (χ1n) is 35.4. The molecule has 5 heterocycles. The van der Waals surface area contributed by atoms with E-state index in [0.29, 0.717) is 79.3 Å². The lowest BCUT2D eigenvalue weighted by Gasteiger charge is -2.45. The third kappa shape index (κ3) is 13.3. The molecule has 1 N–H and O–H groups in total. The Labute approximate surface area is 667 Å². The number of para-hydroxylation sites is 10. The van der Waals surface area contributed by atoms with E-state index in [1.807, 2.05) is 206 Å². The summed E-state index contributed by atoms with van der Waals surface area (Å²) in [4.78, 5) is 53.6. The van der Waals surface area contributed by atoms with E-state index in [2.05, 4.69) is 191 Å². The second kappa shape index (κ2) is 31.2. The summed E-state index contributed by atoms with van der Waals surface area (Å²) < 4.78 is 27.7. The molecule has 0 amide bonds. The number of hydrogen-bond acceptors (Lipinski definition) is 10. The normalized spacial score (nSPS) is 11.9. The van der Waals surface area contributed by atoms with Crippen molar-refractivity contribution in [3.05, 3.63) is 435 Å². The first-order chi connectivity index (χ1) is 54.0. The van der Waals surface area contributed by atoms with Gasteiger partial charge in [0.25, 0.3) is 0 Å². The fourth-order valence-electron chi connectivity index (χ4n) is 15.1. The molecule has 21 rings (SSSR count). The Kier molecular flexibility index (Phi) is 20.4. The number of benzene rings is 15. The van der Waals surface area contributed by atoms with Crippen molar-refractivity contribution in [3.63, 3.8) is 0 Å². The quantitative estimate of drug-likeness (QED) is 0.0765. The SMILES string of the molecule is O=c1c2ccccc2n(-c2ccccc2)c2ccccc12.O=c1c2ccccc2oc2cc(-c3ccccc3Br)ccc12.O=c1c2ccccc2oc2cc(I)ccc12.O=c1c2ccccc2oc2cc3c(cc12)C1(c2ccccc2-3)c2ccccc2N(c2ccccc2)c2ccccc21.O[B]Oc1ccccc1Br.[CH3-]. The summed E-state index contributed by atoms with van der Waals surface area (Å²) >= 11 is 9.00. The van der Waals surface area contributed by atoms with Crippen LogP contribution in [0.2, 0.25) is 0 Å². The van der Waals surface area contributed by atoms with Crippen LogP contribution >= 0.6 is 54.5 Å². The molecule has 4 aromatic heterocycles. The molecule has 111 heavy (non-hydrogen) atoms. The van der Waals surface area contributed by atoms with Gasteiger partial charge in [0, 0.05) is 30.2 Å². The third-order valence-corrected chi connectivity index (χ3v) is 22.0. The molecule has 0 fully saturated rings. The minimum absolute atomic E-state index is 0. The van der Waals surface area contributed by atoms with Gasteiger partial charge in [-0.15, -0.1) is 0 Å². The molecule has 1 aliphatic heterocycles. The predicted molar refractivity (Wildman–Crippen MR) is 468 cm³/mol. The van der Waals surface area contributed by atoms with E-state index >= 15 is 0 Å². The summed E-state index contributed by atoms with van der Waals surface area (Å²) in [6, 6.07) is 115. The van der Waals surface area contributed by atoms with Crippen molar-refractivity contribution in [1.82, 2.24) is 4.57 Å². The Hall–Kier alpha value is -12.5. The lowest BCUT2D eigenvalue weighted by atomic mass is 9.64. The zero-order valence-corrected chi connectivity index (χ0v) is 64.6. The second-order valence-corrected chi connectivity index (χ2v) is 29.2. The maximum absolute atomic E-state index is 13.9. The molecule has 15 aromatic carbocycles. The molecule has 1 aliphatic carbocycles. The van der Waals surface area contributed by atoms with Crippen LogP contribution in [0.4, 0.5) is 17.1 Å². The highest BCUT2D eigenvalue weighted by Crippen LogP contribution is 2.63. The van der Waals surface area contributed by atoms with E-state index in [9.17, 15) is 19.2 Å². The smallest absolute Gasteiger partial charge is 0.537 e. The van der Waals surface area contributed by atoms with Gasteiger partial charge in [0.2, 0.25) is 16.3 Å². The van der Waals surface area contributed by atoms with Crippen molar-refractivity contribution in [2.45, 2.75) is 5.41 Å². The molecule has 19 aromatic rings. The molecule has 15 heteroatoms. The van der Waals surface area contributed by atoms with E-state index in [1.165, 1.54) is 16.7 Å². The number of hydrogen-bond donors (Lipinski definition) is 1. The zero-order valence-electron chi connectivity index (χ0n) is 59.3. The van der Waals surface area contributed by atoms with Gasteiger partial charge in [0.1, 0.15) is 39.2 Å². The number of nitrogens with zero attached hydrogens (tertiary/aromatic N) is 2. The highest BCUT2D eigenvalue weighted by Gasteiger charge is 2.52. The van der Waals surface area contributed by atoms with Crippen LogP contribution < -0.4 is 31.3 Å². The lowest BCUT2D eigenvalue weighted by molar-refractivity contribution is 0.452. The molecule has 0 atom stereocenters. The van der Waals surface area contributed by atoms with Crippen LogP contribution in [0.1, 0.15) is 22.3 Å². The van der Waals surface area contributed by atoms with Crippen molar-refractivity contribution in [2.24, 2.45) is 0 Å². The van der Waals surface area contributed by atoms with Crippen molar-refractivity contribution in [3.8, 4) is 33.7 Å². The topological polar surface area (TPSA) is 145 Å². The molecule has 1 spiro atoms. The lowest BCUT2D eigenvalue weighted by Crippen LogP contribution is -2.36. The van der Waals surface area contributed by atoms with Crippen LogP contribution in [0.3, 0.4) is 0 Å². The van der Waals surface area contributed by atoms with Crippen LogP contribution in [0, 0.1) is 11.0 Å². The Balaban J connectivity index is 0.000000114. The fraction of sp³-hybridized carbons (Fsp3) is 0.0104. The summed E-state index contributed by atoms with van der Waals surface area (Å²) in [6.07, 6.45) is 0. The van der Waals surface area contributed by atoms with Crippen LogP contribution in [0.5, 0.6) is 5.75 Å². The number of fused-ring (bicyclic) bond motifs is 17. The highest BCUT2D eigenvalue weighted by atomic mass is 127. The van der Waals surface area contributed by atoms with Gasteiger partial charge in [-0.3, -0.25) is 19.2 Å². The molecule has 0 saturated heterocycles. The predicted octanol–water partition coefficient (Wildman–Crippen LogP) is 24.0. The van der Waals surface area contributed by atoms with E-state index in [4.69, 9.17) is 22.9 Å². The summed E-state index contributed by atoms with van der Waals surface area (Å²) in [5, 5.41) is 13.5. The Morgan fingerprint density at radius 1 is 0.333 bits per heavy atom. The summed E-state index contributed by atoms with van der Waals surface area (Å²) in [5.74, 6) is 0.602. The van der Waals surface area contributed by atoms with Gasteiger partial charge in [0.05, 0.1) is 64.6 Å². The standard InChI is InChI=1S/C38H23NO2.C19H11BrO2.C19H13NO.C13H7IO2.C6H5BBrO2.CH3/c40-37-26-15-5-11-21-35(26)41-36-23-27-25-14-4-6-16-29(25)38(32(27)22-28(36)37)30-17-7-9-19-33(30)39(24-12-2-1-3-13-24)34-20-10-8-18-31(34)38;20-16-7-3-1-5-13(16)12-9-10-15-18(11-12)22-17-8-4-2-6-14(17)19(15)21;21-19-15-10-4-6-12-17(15)20(14-8-2-1-3-9-14)18-13-7-5-11-16(18)19;14-8-5-6-10-12(7-8)16-11-4-2-1-3-9(11)13(10)15;8-5-3-1-2-4-6(5)10-7-9;/h1-23H;1-11H;1-13H;1-7H;1-4,9H;1H3/q;;;;;-1. The van der Waals surface area contributed by atoms with Gasteiger partial charge in [0.15, 0.2) is 5.43 Å². The average molecular weight is 1690 g/mol. The molecule has 1 radical (unpaired) electrons. The van der Waals surface area contributed by atoms with E-state index in [0.717, 1.165) is 84.9 Å². The maximum Gasteiger partial charge on any atom is 0.569 e. The van der Waals surface area contributed by atoms with Gasteiger partial charge >= 0.3 is 7.69 Å². The van der Waals surface area contributed by atoms with Crippen LogP contribution in [0.15, 0.2) is 393 Å². The van der Waals surface area contributed by atoms with Gasteiger partial charge in [-0.1, -0.05) is 210 Å². The number of aromatic nitrogens is 1. The van der Waals surface area contributed by atoms with E-state index < -0.39 is 5.41 Å². The van der Waals surface area contributed by atoms with Crippen LogP contribution in [0.25, 0.3) is 116 Å². The largest absolute Gasteiger partial charge is 0.569 e. The molecule has 0 saturated carbocycles. The molecule has 0 bridgehead atoms. The minimum Gasteiger partial charge on any atom is -0.537 e. The summed E-state index contributed by atoms with van der Waals surface area (Å²) in [5.41, 5.74) is 18.6. The van der Waals surface area contributed by atoms with Crippen LogP contribution in [-0.4, -0.2) is 17.3 Å². The molecule has 0 unspecified atom stereocenters. The first kappa shape index (κ1) is 72.7. The van der Waals surface area contributed by atoms with Gasteiger partial charge in [-0.2, -0.15) is 0 Å². The number of rotatable bonds is 5. The molecule has 11 nitrogen and oxygen atoms in total. The number of anilines is 3. The van der Waals surface area contributed by atoms with Crippen molar-refractivity contribution >= 4 is 167 Å². The molecular formula is C96H62BBr2IN2O9-.